The summed E-state index contributed by atoms with van der Waals surface area (Å²) >= 11 is 0. The summed E-state index contributed by atoms with van der Waals surface area (Å²) in [6.45, 7) is 5.33. The van der Waals surface area contributed by atoms with Crippen LogP contribution < -0.4 is 11.1 Å². The number of nitrogens with two attached hydrogens (primary N) is 1. The normalized spacial score (nSPS) is 25.9. The van der Waals surface area contributed by atoms with Gasteiger partial charge in [-0.25, -0.2) is 0 Å². The van der Waals surface area contributed by atoms with Crippen LogP contribution in [0, 0.1) is 11.3 Å². The predicted octanol–water partition coefficient (Wildman–Crippen LogP) is 0.921. The topological polar surface area (TPSA) is 73.6 Å². The van der Waals surface area contributed by atoms with Crippen molar-refractivity contribution in [2.45, 2.75) is 32.6 Å². The van der Waals surface area contributed by atoms with Crippen LogP contribution in [0.1, 0.15) is 32.6 Å². The van der Waals surface area contributed by atoms with E-state index in [0.717, 1.165) is 32.3 Å². The molecule has 0 aromatic heterocycles. The molecule has 0 aromatic rings. The van der Waals surface area contributed by atoms with Crippen molar-refractivity contribution in [3.63, 3.8) is 0 Å². The molecule has 0 aliphatic heterocycles. The summed E-state index contributed by atoms with van der Waals surface area (Å²) in [5.41, 5.74) is 5.45. The third-order valence-corrected chi connectivity index (χ3v) is 3.78. The molecule has 0 atom stereocenters. The molecule has 1 fully saturated rings. The summed E-state index contributed by atoms with van der Waals surface area (Å²) in [6, 6.07) is 0. The third kappa shape index (κ3) is 5.09. The van der Waals surface area contributed by atoms with Gasteiger partial charge in [0.15, 0.2) is 0 Å². The van der Waals surface area contributed by atoms with Crippen molar-refractivity contribution < 1.29 is 14.3 Å². The molecule has 0 bridgehead atoms. The van der Waals surface area contributed by atoms with Crippen molar-refractivity contribution in [2.75, 3.05) is 40.0 Å². The third-order valence-electron chi connectivity index (χ3n) is 3.78. The zero-order valence-corrected chi connectivity index (χ0v) is 12.2. The van der Waals surface area contributed by atoms with E-state index in [0.29, 0.717) is 32.2 Å². The van der Waals surface area contributed by atoms with Crippen LogP contribution in [0.3, 0.4) is 0 Å². The maximum atomic E-state index is 12.1. The number of unbranched alkanes of at least 4 members (excludes halogenated alkanes) is 1. The molecule has 0 radical (unpaired) electrons. The Hall–Kier alpha value is -0.650. The molecule has 0 aromatic carbocycles. The number of amides is 1. The van der Waals surface area contributed by atoms with Crippen LogP contribution in [-0.2, 0) is 14.3 Å². The lowest BCUT2D eigenvalue weighted by atomic mass is 9.62. The van der Waals surface area contributed by atoms with Crippen molar-refractivity contribution in [3.8, 4) is 0 Å². The minimum Gasteiger partial charge on any atom is -0.382 e. The van der Waals surface area contributed by atoms with Crippen molar-refractivity contribution in [1.82, 2.24) is 5.32 Å². The monoisotopic (exact) mass is 272 g/mol. The lowest BCUT2D eigenvalue weighted by Crippen LogP contribution is -2.53. The number of rotatable bonds is 10. The molecule has 112 valence electrons. The van der Waals surface area contributed by atoms with Gasteiger partial charge in [0, 0.05) is 26.8 Å². The van der Waals surface area contributed by atoms with Gasteiger partial charge in [-0.1, -0.05) is 6.92 Å². The van der Waals surface area contributed by atoms with Gasteiger partial charge in [0.2, 0.25) is 5.91 Å². The molecule has 19 heavy (non-hydrogen) atoms. The Morgan fingerprint density at radius 1 is 1.32 bits per heavy atom. The summed E-state index contributed by atoms with van der Waals surface area (Å²) in [4.78, 5) is 12.1. The van der Waals surface area contributed by atoms with Gasteiger partial charge >= 0.3 is 0 Å². The Bertz CT molecular complexity index is 265. The standard InChI is InChI=1S/C14H28N2O3/c1-12-9-14(10-12,11-15)13(17)16-5-3-4-6-19-8-7-18-2/h12H,3-11,15H2,1-2H3,(H,16,17). The highest BCUT2D eigenvalue weighted by Gasteiger charge is 2.46. The van der Waals surface area contributed by atoms with Gasteiger partial charge in [-0.3, -0.25) is 4.79 Å². The Kier molecular flexibility index (Phi) is 7.34. The van der Waals surface area contributed by atoms with E-state index in [1.165, 1.54) is 0 Å². The van der Waals surface area contributed by atoms with E-state index < -0.39 is 0 Å². The zero-order chi connectivity index (χ0) is 14.1. The Morgan fingerprint density at radius 2 is 2.05 bits per heavy atom. The Morgan fingerprint density at radius 3 is 2.63 bits per heavy atom. The predicted molar refractivity (Wildman–Crippen MR) is 74.8 cm³/mol. The molecule has 0 spiro atoms. The molecule has 1 aliphatic carbocycles. The first kappa shape index (κ1) is 16.4. The second-order valence-corrected chi connectivity index (χ2v) is 5.57. The first-order chi connectivity index (χ1) is 9.14. The molecule has 1 saturated carbocycles. The first-order valence-corrected chi connectivity index (χ1v) is 7.19. The fourth-order valence-electron chi connectivity index (χ4n) is 2.68. The largest absolute Gasteiger partial charge is 0.382 e. The highest BCUT2D eigenvalue weighted by atomic mass is 16.5. The van der Waals surface area contributed by atoms with E-state index in [-0.39, 0.29) is 11.3 Å². The second-order valence-electron chi connectivity index (χ2n) is 5.57. The molecule has 1 amide bonds. The zero-order valence-electron chi connectivity index (χ0n) is 12.2. The number of ether oxygens (including phenoxy) is 2. The molecule has 1 aliphatic rings. The summed E-state index contributed by atoms with van der Waals surface area (Å²) < 4.78 is 10.2. The molecular weight excluding hydrogens is 244 g/mol. The first-order valence-electron chi connectivity index (χ1n) is 7.19. The van der Waals surface area contributed by atoms with Crippen molar-refractivity contribution in [2.24, 2.45) is 17.1 Å². The maximum absolute atomic E-state index is 12.1. The summed E-state index contributed by atoms with van der Waals surface area (Å²) in [7, 11) is 1.66. The summed E-state index contributed by atoms with van der Waals surface area (Å²) in [6.07, 6.45) is 3.75. The lowest BCUT2D eigenvalue weighted by molar-refractivity contribution is -0.138. The van der Waals surface area contributed by atoms with Crippen LogP contribution in [0.15, 0.2) is 0 Å². The highest BCUT2D eigenvalue weighted by molar-refractivity contribution is 5.83. The molecule has 5 nitrogen and oxygen atoms in total. The van der Waals surface area contributed by atoms with Gasteiger partial charge in [0.25, 0.3) is 0 Å². The Balaban J connectivity index is 2.01. The van der Waals surface area contributed by atoms with Crippen LogP contribution in [0.5, 0.6) is 0 Å². The van der Waals surface area contributed by atoms with Gasteiger partial charge in [-0.05, 0) is 31.6 Å². The van der Waals surface area contributed by atoms with Crippen LogP contribution in [0.25, 0.3) is 0 Å². The van der Waals surface area contributed by atoms with Crippen molar-refractivity contribution in [1.29, 1.82) is 0 Å². The van der Waals surface area contributed by atoms with E-state index in [9.17, 15) is 4.79 Å². The number of carbonyl (C=O) groups excluding carboxylic acids is 1. The highest BCUT2D eigenvalue weighted by Crippen LogP contribution is 2.44. The average Bonchev–Trinajstić information content (AvgIpc) is 2.37. The SMILES string of the molecule is COCCOCCCCNC(=O)C1(CN)CC(C)C1. The molecular formula is C14H28N2O3. The average molecular weight is 272 g/mol. The number of carbonyl (C=O) groups is 1. The van der Waals surface area contributed by atoms with E-state index >= 15 is 0 Å². The molecule has 5 heteroatoms. The van der Waals surface area contributed by atoms with Gasteiger partial charge in [-0.2, -0.15) is 0 Å². The van der Waals surface area contributed by atoms with Crippen LogP contribution >= 0.6 is 0 Å². The van der Waals surface area contributed by atoms with Crippen LogP contribution in [0.2, 0.25) is 0 Å². The number of hydrogen-bond donors (Lipinski definition) is 2. The molecule has 0 unspecified atom stereocenters. The van der Waals surface area contributed by atoms with Crippen LogP contribution in [-0.4, -0.2) is 45.9 Å². The number of nitrogens with one attached hydrogen (secondary N) is 1. The molecule has 0 saturated heterocycles. The van der Waals surface area contributed by atoms with Gasteiger partial charge in [-0.15, -0.1) is 0 Å². The fraction of sp³-hybridized carbons (Fsp3) is 0.929. The second kappa shape index (κ2) is 8.51. The quantitative estimate of drug-likeness (QED) is 0.580. The van der Waals surface area contributed by atoms with E-state index in [1.807, 2.05) is 0 Å². The lowest BCUT2D eigenvalue weighted by Gasteiger charge is -2.44. The van der Waals surface area contributed by atoms with Crippen molar-refractivity contribution >= 4 is 5.91 Å². The summed E-state index contributed by atoms with van der Waals surface area (Å²) in [5, 5.41) is 3.00. The van der Waals surface area contributed by atoms with E-state index in [4.69, 9.17) is 15.2 Å². The maximum Gasteiger partial charge on any atom is 0.227 e. The van der Waals surface area contributed by atoms with Crippen molar-refractivity contribution in [3.05, 3.63) is 0 Å². The Labute approximate surface area is 116 Å². The number of hydrogen-bond acceptors (Lipinski definition) is 4. The summed E-state index contributed by atoms with van der Waals surface area (Å²) in [5.74, 6) is 0.761. The fourth-order valence-corrected chi connectivity index (χ4v) is 2.68. The molecule has 3 N–H and O–H groups in total. The molecule has 0 heterocycles. The van der Waals surface area contributed by atoms with Gasteiger partial charge in [0.1, 0.15) is 0 Å². The smallest absolute Gasteiger partial charge is 0.227 e. The van der Waals surface area contributed by atoms with E-state index in [1.54, 1.807) is 7.11 Å². The van der Waals surface area contributed by atoms with Gasteiger partial charge < -0.3 is 20.5 Å². The number of methoxy groups -OCH3 is 1. The minimum absolute atomic E-state index is 0.133. The molecule has 1 rings (SSSR count). The minimum atomic E-state index is -0.283. The van der Waals surface area contributed by atoms with Gasteiger partial charge in [0.05, 0.1) is 18.6 Å². The van der Waals surface area contributed by atoms with E-state index in [2.05, 4.69) is 12.2 Å². The van der Waals surface area contributed by atoms with Crippen LogP contribution in [0.4, 0.5) is 0 Å².